The molecule has 1 N–H and O–H groups in total. The average Bonchev–Trinajstić information content (AvgIpc) is 3.00. The fourth-order valence-corrected chi connectivity index (χ4v) is 3.38. The van der Waals surface area contributed by atoms with Gasteiger partial charge in [-0.1, -0.05) is 30.3 Å². The molecule has 0 saturated carbocycles. The summed E-state index contributed by atoms with van der Waals surface area (Å²) in [5, 5.41) is 3.59. The van der Waals surface area contributed by atoms with E-state index in [0.29, 0.717) is 0 Å². The molecule has 0 aliphatic rings. The molecule has 134 valence electrons. The number of thiazole rings is 1. The number of amides is 1. The summed E-state index contributed by atoms with van der Waals surface area (Å²) in [6.07, 6.45) is -4.41. The summed E-state index contributed by atoms with van der Waals surface area (Å²) in [5.41, 5.74) is 1.23. The molecular formula is C19H15F3N2OS. The second kappa shape index (κ2) is 7.29. The van der Waals surface area contributed by atoms with E-state index in [1.54, 1.807) is 0 Å². The first-order valence-corrected chi connectivity index (χ1v) is 8.63. The number of carbonyl (C=O) groups excluding carboxylic acids is 1. The normalized spacial score (nSPS) is 11.4. The Morgan fingerprint density at radius 1 is 1.08 bits per heavy atom. The highest BCUT2D eigenvalue weighted by Crippen LogP contribution is 2.29. The molecule has 26 heavy (non-hydrogen) atoms. The lowest BCUT2D eigenvalue weighted by atomic mass is 10.1. The summed E-state index contributed by atoms with van der Waals surface area (Å²) in [5.74, 6) is -0.423. The van der Waals surface area contributed by atoms with E-state index in [9.17, 15) is 18.0 Å². The van der Waals surface area contributed by atoms with Crippen LogP contribution in [-0.4, -0.2) is 10.9 Å². The molecule has 3 aromatic rings. The number of nitrogens with one attached hydrogen (secondary N) is 1. The van der Waals surface area contributed by atoms with Crippen molar-refractivity contribution in [2.24, 2.45) is 0 Å². The van der Waals surface area contributed by atoms with Gasteiger partial charge in [0.15, 0.2) is 0 Å². The minimum atomic E-state index is -4.41. The van der Waals surface area contributed by atoms with Gasteiger partial charge in [-0.2, -0.15) is 13.2 Å². The molecule has 3 nitrogen and oxygen atoms in total. The molecule has 1 heterocycles. The molecule has 0 unspecified atom stereocenters. The maximum Gasteiger partial charge on any atom is 0.416 e. The van der Waals surface area contributed by atoms with Gasteiger partial charge >= 0.3 is 6.18 Å². The molecule has 0 radical (unpaired) electrons. The molecule has 0 saturated heterocycles. The van der Waals surface area contributed by atoms with Crippen molar-refractivity contribution in [3.05, 3.63) is 76.3 Å². The maximum atomic E-state index is 12.6. The third-order valence-corrected chi connectivity index (χ3v) is 5.00. The first kappa shape index (κ1) is 18.1. The fourth-order valence-electron chi connectivity index (χ4n) is 2.37. The van der Waals surface area contributed by atoms with Crippen molar-refractivity contribution >= 4 is 17.2 Å². The number of aryl methyl sites for hydroxylation is 1. The molecule has 3 rings (SSSR count). The van der Waals surface area contributed by atoms with Crippen LogP contribution in [0.25, 0.3) is 10.6 Å². The summed E-state index contributed by atoms with van der Waals surface area (Å²) < 4.78 is 37.7. The highest BCUT2D eigenvalue weighted by atomic mass is 32.1. The number of nitrogens with zero attached hydrogens (tertiary/aromatic N) is 1. The molecule has 0 spiro atoms. The Morgan fingerprint density at radius 2 is 1.73 bits per heavy atom. The summed E-state index contributed by atoms with van der Waals surface area (Å²) in [7, 11) is 0. The van der Waals surface area contributed by atoms with Crippen LogP contribution >= 0.6 is 11.3 Å². The van der Waals surface area contributed by atoms with Crippen molar-refractivity contribution < 1.29 is 18.0 Å². The van der Waals surface area contributed by atoms with E-state index < -0.39 is 17.6 Å². The Balaban J connectivity index is 1.67. The number of hydrogen-bond donors (Lipinski definition) is 1. The SMILES string of the molecule is Cc1nc(-c2ccccc2)sc1CNC(=O)c1ccc(C(F)(F)F)cc1. The van der Waals surface area contributed by atoms with Gasteiger partial charge in [-0.3, -0.25) is 4.79 Å². The molecule has 7 heteroatoms. The monoisotopic (exact) mass is 376 g/mol. The van der Waals surface area contributed by atoms with Crippen molar-refractivity contribution in [3.8, 4) is 10.6 Å². The van der Waals surface area contributed by atoms with Gasteiger partial charge in [0.05, 0.1) is 17.8 Å². The summed E-state index contributed by atoms with van der Waals surface area (Å²) in [4.78, 5) is 17.6. The molecule has 0 atom stereocenters. The van der Waals surface area contributed by atoms with E-state index in [-0.39, 0.29) is 12.1 Å². The zero-order chi connectivity index (χ0) is 18.7. The summed E-state index contributed by atoms with van der Waals surface area (Å²) in [6, 6.07) is 13.9. The highest BCUT2D eigenvalue weighted by Gasteiger charge is 2.30. The van der Waals surface area contributed by atoms with Crippen LogP contribution in [-0.2, 0) is 12.7 Å². The van der Waals surface area contributed by atoms with Crippen molar-refractivity contribution in [1.82, 2.24) is 10.3 Å². The minimum Gasteiger partial charge on any atom is -0.347 e. The third kappa shape index (κ3) is 4.11. The Bertz CT molecular complexity index is 903. The first-order valence-electron chi connectivity index (χ1n) is 7.82. The topological polar surface area (TPSA) is 42.0 Å². The lowest BCUT2D eigenvalue weighted by Gasteiger charge is -2.08. The number of alkyl halides is 3. The first-order chi connectivity index (χ1) is 12.3. The van der Waals surface area contributed by atoms with Crippen molar-refractivity contribution in [3.63, 3.8) is 0 Å². The minimum absolute atomic E-state index is 0.184. The second-order valence-electron chi connectivity index (χ2n) is 5.65. The maximum absolute atomic E-state index is 12.6. The molecule has 1 aromatic heterocycles. The lowest BCUT2D eigenvalue weighted by Crippen LogP contribution is -2.22. The van der Waals surface area contributed by atoms with E-state index in [4.69, 9.17) is 0 Å². The van der Waals surface area contributed by atoms with Crippen LogP contribution in [0.4, 0.5) is 13.2 Å². The van der Waals surface area contributed by atoms with Crippen molar-refractivity contribution in [2.45, 2.75) is 19.6 Å². The summed E-state index contributed by atoms with van der Waals surface area (Å²) >= 11 is 1.48. The predicted octanol–water partition coefficient (Wildman–Crippen LogP) is 5.07. The largest absolute Gasteiger partial charge is 0.416 e. The molecule has 0 bridgehead atoms. The van der Waals surface area contributed by atoms with E-state index in [1.165, 1.54) is 23.5 Å². The van der Waals surface area contributed by atoms with Gasteiger partial charge in [-0.15, -0.1) is 11.3 Å². The smallest absolute Gasteiger partial charge is 0.347 e. The zero-order valence-electron chi connectivity index (χ0n) is 13.8. The highest BCUT2D eigenvalue weighted by molar-refractivity contribution is 7.15. The Kier molecular flexibility index (Phi) is 5.08. The van der Waals surface area contributed by atoms with Crippen LogP contribution in [0.3, 0.4) is 0 Å². The van der Waals surface area contributed by atoms with Crippen molar-refractivity contribution in [1.29, 1.82) is 0 Å². The van der Waals surface area contributed by atoms with Gasteiger partial charge in [-0.25, -0.2) is 4.98 Å². The predicted molar refractivity (Wildman–Crippen MR) is 94.9 cm³/mol. The Labute approximate surface area is 152 Å². The molecule has 0 aliphatic heterocycles. The molecule has 2 aromatic carbocycles. The Morgan fingerprint density at radius 3 is 2.35 bits per heavy atom. The Hall–Kier alpha value is -2.67. The van der Waals surface area contributed by atoms with Crippen LogP contribution in [0.15, 0.2) is 54.6 Å². The molecule has 1 amide bonds. The van der Waals surface area contributed by atoms with Crippen LogP contribution in [0, 0.1) is 6.92 Å². The van der Waals surface area contributed by atoms with Crippen molar-refractivity contribution in [2.75, 3.05) is 0 Å². The van der Waals surface area contributed by atoms with Gasteiger partial charge in [0.1, 0.15) is 5.01 Å². The average molecular weight is 376 g/mol. The van der Waals surface area contributed by atoms with E-state index in [2.05, 4.69) is 10.3 Å². The van der Waals surface area contributed by atoms with Gasteiger partial charge in [-0.05, 0) is 31.2 Å². The van der Waals surface area contributed by atoms with Crippen LogP contribution < -0.4 is 5.32 Å². The molecular weight excluding hydrogens is 361 g/mol. The fraction of sp³-hybridized carbons (Fsp3) is 0.158. The van der Waals surface area contributed by atoms with Crippen LogP contribution in [0.2, 0.25) is 0 Å². The number of benzene rings is 2. The zero-order valence-corrected chi connectivity index (χ0v) is 14.6. The molecule has 0 aliphatic carbocycles. The second-order valence-corrected chi connectivity index (χ2v) is 6.74. The third-order valence-electron chi connectivity index (χ3n) is 3.80. The van der Waals surface area contributed by atoms with Gasteiger partial charge in [0.2, 0.25) is 0 Å². The van der Waals surface area contributed by atoms with E-state index >= 15 is 0 Å². The lowest BCUT2D eigenvalue weighted by molar-refractivity contribution is -0.137. The van der Waals surface area contributed by atoms with Gasteiger partial charge in [0.25, 0.3) is 5.91 Å². The molecule has 0 fully saturated rings. The van der Waals surface area contributed by atoms with E-state index in [1.807, 2.05) is 37.3 Å². The number of aromatic nitrogens is 1. The standard InChI is InChI=1S/C19H15F3N2OS/c1-12-16(26-18(24-12)14-5-3-2-4-6-14)11-23-17(25)13-7-9-15(10-8-13)19(20,21)22/h2-10H,11H2,1H3,(H,23,25). The van der Waals surface area contributed by atoms with Crippen LogP contribution in [0.1, 0.15) is 26.5 Å². The quantitative estimate of drug-likeness (QED) is 0.691. The van der Waals surface area contributed by atoms with Crippen LogP contribution in [0.5, 0.6) is 0 Å². The van der Waals surface area contributed by atoms with E-state index in [0.717, 1.165) is 33.3 Å². The summed E-state index contributed by atoms with van der Waals surface area (Å²) in [6.45, 7) is 2.14. The number of halogens is 3. The number of carbonyl (C=O) groups is 1. The van der Waals surface area contributed by atoms with Gasteiger partial charge in [0, 0.05) is 16.0 Å². The van der Waals surface area contributed by atoms with Gasteiger partial charge < -0.3 is 5.32 Å². The number of rotatable bonds is 4. The number of hydrogen-bond acceptors (Lipinski definition) is 3.